The summed E-state index contributed by atoms with van der Waals surface area (Å²) in [5, 5.41) is 3.63. The molecule has 6 nitrogen and oxygen atoms in total. The molecule has 0 aromatic heterocycles. The first-order valence-corrected chi connectivity index (χ1v) is 10.9. The summed E-state index contributed by atoms with van der Waals surface area (Å²) in [6.45, 7) is 16.7. The molecule has 1 N–H and O–H groups in total. The van der Waals surface area contributed by atoms with Crippen LogP contribution in [-0.2, 0) is 6.54 Å². The number of hydrogen-bond donors (Lipinski definition) is 1. The van der Waals surface area contributed by atoms with Crippen molar-refractivity contribution in [2.45, 2.75) is 26.4 Å². The van der Waals surface area contributed by atoms with Gasteiger partial charge in [-0.25, -0.2) is 0 Å². The molecule has 164 valence electrons. The van der Waals surface area contributed by atoms with Crippen LogP contribution in [0.1, 0.15) is 19.4 Å². The second-order valence-electron chi connectivity index (χ2n) is 8.00. The van der Waals surface area contributed by atoms with Crippen molar-refractivity contribution in [2.24, 2.45) is 4.99 Å². The van der Waals surface area contributed by atoms with Gasteiger partial charge in [-0.05, 0) is 19.0 Å². The smallest absolute Gasteiger partial charge is 0.193 e. The maximum Gasteiger partial charge on any atom is 0.193 e. The molecule has 7 heteroatoms. The standard InChI is InChI=1S/C22H38N6.HI/c1-4-25-10-14-27(15-11-25)20(2)18-24-22(23-3)28-16-12-26(13-17-28)19-21-8-6-5-7-9-21;/h5-9,20H,4,10-19H2,1-3H3,(H,23,24);1H. The molecule has 1 aromatic rings. The molecule has 0 aliphatic carbocycles. The second-order valence-corrected chi connectivity index (χ2v) is 8.00. The minimum atomic E-state index is 0. The van der Waals surface area contributed by atoms with Crippen LogP contribution in [-0.4, -0.2) is 104 Å². The number of benzene rings is 1. The zero-order valence-corrected chi connectivity index (χ0v) is 20.7. The van der Waals surface area contributed by atoms with Gasteiger partial charge in [0.1, 0.15) is 0 Å². The van der Waals surface area contributed by atoms with E-state index in [1.54, 1.807) is 0 Å². The van der Waals surface area contributed by atoms with Gasteiger partial charge < -0.3 is 15.1 Å². The molecule has 2 saturated heterocycles. The van der Waals surface area contributed by atoms with Crippen LogP contribution in [0.4, 0.5) is 0 Å². The topological polar surface area (TPSA) is 37.4 Å². The van der Waals surface area contributed by atoms with Crippen LogP contribution in [0, 0.1) is 0 Å². The summed E-state index contributed by atoms with van der Waals surface area (Å²) in [6.07, 6.45) is 0. The average molecular weight is 515 g/mol. The van der Waals surface area contributed by atoms with Crippen LogP contribution in [0.2, 0.25) is 0 Å². The Kier molecular flexibility index (Phi) is 10.7. The third-order valence-electron chi connectivity index (χ3n) is 6.17. The van der Waals surface area contributed by atoms with Crippen molar-refractivity contribution in [1.29, 1.82) is 0 Å². The molecular formula is C22H39IN6. The molecule has 29 heavy (non-hydrogen) atoms. The SMILES string of the molecule is CCN1CCN(C(C)CNC(=NC)N2CCN(Cc3ccccc3)CC2)CC1.I. The van der Waals surface area contributed by atoms with E-state index in [2.05, 4.69) is 74.1 Å². The van der Waals surface area contributed by atoms with Crippen molar-refractivity contribution in [3.8, 4) is 0 Å². The van der Waals surface area contributed by atoms with Gasteiger partial charge in [0.25, 0.3) is 0 Å². The van der Waals surface area contributed by atoms with E-state index in [-0.39, 0.29) is 24.0 Å². The maximum atomic E-state index is 4.55. The van der Waals surface area contributed by atoms with Crippen molar-refractivity contribution >= 4 is 29.9 Å². The molecule has 0 amide bonds. The molecule has 0 saturated carbocycles. The van der Waals surface area contributed by atoms with Crippen LogP contribution < -0.4 is 5.32 Å². The van der Waals surface area contributed by atoms with Gasteiger partial charge in [0, 0.05) is 78.5 Å². The number of guanidine groups is 1. The highest BCUT2D eigenvalue weighted by molar-refractivity contribution is 14.0. The first-order valence-electron chi connectivity index (χ1n) is 10.9. The van der Waals surface area contributed by atoms with E-state index in [0.29, 0.717) is 6.04 Å². The summed E-state index contributed by atoms with van der Waals surface area (Å²) in [5.41, 5.74) is 1.40. The van der Waals surface area contributed by atoms with Gasteiger partial charge in [-0.3, -0.25) is 14.8 Å². The summed E-state index contributed by atoms with van der Waals surface area (Å²) in [4.78, 5) is 14.6. The van der Waals surface area contributed by atoms with Crippen molar-refractivity contribution in [1.82, 2.24) is 24.9 Å². The number of rotatable bonds is 6. The highest BCUT2D eigenvalue weighted by atomic mass is 127. The molecule has 1 unspecified atom stereocenters. The Morgan fingerprint density at radius 2 is 1.59 bits per heavy atom. The summed E-state index contributed by atoms with van der Waals surface area (Å²) in [7, 11) is 1.91. The lowest BCUT2D eigenvalue weighted by Crippen LogP contribution is -2.55. The average Bonchev–Trinajstić information content (AvgIpc) is 2.76. The van der Waals surface area contributed by atoms with E-state index in [0.717, 1.165) is 45.2 Å². The number of halogens is 1. The quantitative estimate of drug-likeness (QED) is 0.357. The zero-order valence-electron chi connectivity index (χ0n) is 18.4. The molecule has 2 aliphatic heterocycles. The van der Waals surface area contributed by atoms with Gasteiger partial charge in [0.2, 0.25) is 0 Å². The normalized spacial score (nSPS) is 20.9. The second kappa shape index (κ2) is 12.7. The zero-order chi connectivity index (χ0) is 19.8. The van der Waals surface area contributed by atoms with Crippen LogP contribution in [0.3, 0.4) is 0 Å². The monoisotopic (exact) mass is 514 g/mol. The van der Waals surface area contributed by atoms with E-state index in [4.69, 9.17) is 0 Å². The Morgan fingerprint density at radius 3 is 2.17 bits per heavy atom. The largest absolute Gasteiger partial charge is 0.355 e. The number of likely N-dealkylation sites (N-methyl/N-ethyl adjacent to an activating group) is 1. The Balaban J connectivity index is 0.00000300. The van der Waals surface area contributed by atoms with Gasteiger partial charge in [-0.15, -0.1) is 24.0 Å². The lowest BCUT2D eigenvalue weighted by Gasteiger charge is -2.39. The first kappa shape index (κ1) is 24.4. The number of hydrogen-bond acceptors (Lipinski definition) is 4. The summed E-state index contributed by atoms with van der Waals surface area (Å²) in [5.74, 6) is 1.05. The van der Waals surface area contributed by atoms with E-state index in [9.17, 15) is 0 Å². The highest BCUT2D eigenvalue weighted by Gasteiger charge is 2.22. The summed E-state index contributed by atoms with van der Waals surface area (Å²) < 4.78 is 0. The molecule has 2 aliphatic rings. The van der Waals surface area contributed by atoms with E-state index in [1.165, 1.54) is 38.3 Å². The minimum absolute atomic E-state index is 0. The van der Waals surface area contributed by atoms with Crippen LogP contribution in [0.15, 0.2) is 35.3 Å². The van der Waals surface area contributed by atoms with Gasteiger partial charge in [0.05, 0.1) is 0 Å². The minimum Gasteiger partial charge on any atom is -0.355 e. The summed E-state index contributed by atoms with van der Waals surface area (Å²) in [6, 6.07) is 11.3. The van der Waals surface area contributed by atoms with Gasteiger partial charge in [-0.1, -0.05) is 37.3 Å². The fourth-order valence-electron chi connectivity index (χ4n) is 4.18. The van der Waals surface area contributed by atoms with Gasteiger partial charge in [-0.2, -0.15) is 0 Å². The molecule has 3 rings (SSSR count). The molecule has 1 atom stereocenters. The summed E-state index contributed by atoms with van der Waals surface area (Å²) >= 11 is 0. The molecule has 0 spiro atoms. The molecule has 0 bridgehead atoms. The number of piperazine rings is 2. The predicted octanol–water partition coefficient (Wildman–Crippen LogP) is 2.02. The fourth-order valence-corrected chi connectivity index (χ4v) is 4.18. The Morgan fingerprint density at radius 1 is 0.966 bits per heavy atom. The van der Waals surface area contributed by atoms with Crippen LogP contribution >= 0.6 is 24.0 Å². The van der Waals surface area contributed by atoms with Crippen LogP contribution in [0.25, 0.3) is 0 Å². The predicted molar refractivity (Wildman–Crippen MR) is 133 cm³/mol. The molecule has 1 aromatic carbocycles. The lowest BCUT2D eigenvalue weighted by atomic mass is 10.2. The number of nitrogens with one attached hydrogen (secondary N) is 1. The van der Waals surface area contributed by atoms with Crippen LogP contribution in [0.5, 0.6) is 0 Å². The Bertz CT molecular complexity index is 595. The van der Waals surface area contributed by atoms with E-state index < -0.39 is 0 Å². The third-order valence-corrected chi connectivity index (χ3v) is 6.17. The molecule has 2 heterocycles. The van der Waals surface area contributed by atoms with Gasteiger partial charge >= 0.3 is 0 Å². The van der Waals surface area contributed by atoms with Crippen molar-refractivity contribution in [2.75, 3.05) is 72.5 Å². The number of aliphatic imine (C=N–C) groups is 1. The molecule has 2 fully saturated rings. The molecule has 0 radical (unpaired) electrons. The third kappa shape index (κ3) is 7.38. The highest BCUT2D eigenvalue weighted by Crippen LogP contribution is 2.09. The maximum absolute atomic E-state index is 4.55. The van der Waals surface area contributed by atoms with Crippen molar-refractivity contribution in [3.05, 3.63) is 35.9 Å². The lowest BCUT2D eigenvalue weighted by molar-refractivity contribution is 0.106. The van der Waals surface area contributed by atoms with Crippen molar-refractivity contribution < 1.29 is 0 Å². The fraction of sp³-hybridized carbons (Fsp3) is 0.682. The molecular weight excluding hydrogens is 475 g/mol. The van der Waals surface area contributed by atoms with Crippen molar-refractivity contribution in [3.63, 3.8) is 0 Å². The first-order chi connectivity index (χ1) is 13.7. The number of nitrogens with zero attached hydrogens (tertiary/aromatic N) is 5. The Labute approximate surface area is 194 Å². The van der Waals surface area contributed by atoms with Gasteiger partial charge in [0.15, 0.2) is 5.96 Å². The Hall–Kier alpha value is -0.900. The van der Waals surface area contributed by atoms with E-state index >= 15 is 0 Å². The van der Waals surface area contributed by atoms with E-state index in [1.807, 2.05) is 7.05 Å².